The second kappa shape index (κ2) is 7.07. The number of pyridine rings is 1. The molecule has 20 heavy (non-hydrogen) atoms. The van der Waals surface area contributed by atoms with Gasteiger partial charge < -0.3 is 9.47 Å². The van der Waals surface area contributed by atoms with Crippen LogP contribution in [-0.2, 0) is 9.47 Å². The number of benzene rings is 1. The predicted octanol–water partition coefficient (Wildman–Crippen LogP) is 3.52. The zero-order chi connectivity index (χ0) is 13.6. The number of aromatic nitrogens is 1. The molecule has 0 amide bonds. The van der Waals surface area contributed by atoms with Crippen LogP contribution < -0.4 is 0 Å². The van der Waals surface area contributed by atoms with Crippen molar-refractivity contribution in [3.05, 3.63) is 36.5 Å². The van der Waals surface area contributed by atoms with Gasteiger partial charge in [-0.25, -0.2) is 0 Å². The summed E-state index contributed by atoms with van der Waals surface area (Å²) >= 11 is 1.80. The van der Waals surface area contributed by atoms with Crippen LogP contribution in [0.1, 0.15) is 12.8 Å². The molecule has 2 aromatic rings. The van der Waals surface area contributed by atoms with Crippen LogP contribution in [0.5, 0.6) is 0 Å². The van der Waals surface area contributed by atoms with Crippen molar-refractivity contribution >= 4 is 22.7 Å². The summed E-state index contributed by atoms with van der Waals surface area (Å²) in [4.78, 5) is 5.69. The lowest BCUT2D eigenvalue weighted by Gasteiger charge is -2.10. The van der Waals surface area contributed by atoms with Crippen LogP contribution in [0, 0.1) is 0 Å². The monoisotopic (exact) mass is 289 g/mol. The van der Waals surface area contributed by atoms with Crippen LogP contribution in [0.3, 0.4) is 0 Å². The molecule has 3 rings (SSSR count). The molecule has 0 saturated carbocycles. The number of para-hydroxylation sites is 1. The lowest BCUT2D eigenvalue weighted by molar-refractivity contribution is 0.0226. The average Bonchev–Trinajstić information content (AvgIpc) is 3.00. The molecular weight excluding hydrogens is 270 g/mol. The van der Waals surface area contributed by atoms with Crippen LogP contribution in [0.25, 0.3) is 10.9 Å². The molecule has 106 valence electrons. The van der Waals surface area contributed by atoms with E-state index in [1.54, 1.807) is 11.8 Å². The molecule has 1 aromatic heterocycles. The van der Waals surface area contributed by atoms with Gasteiger partial charge in [-0.05, 0) is 25.0 Å². The van der Waals surface area contributed by atoms with Crippen LogP contribution in [0.15, 0.2) is 41.4 Å². The smallest absolute Gasteiger partial charge is 0.0837 e. The molecule has 1 atom stereocenters. The van der Waals surface area contributed by atoms with Gasteiger partial charge in [0.2, 0.25) is 0 Å². The third kappa shape index (κ3) is 3.51. The second-order valence-corrected chi connectivity index (χ2v) is 6.03. The van der Waals surface area contributed by atoms with Crippen LogP contribution in [0.4, 0.5) is 0 Å². The van der Waals surface area contributed by atoms with Crippen molar-refractivity contribution in [1.82, 2.24) is 4.98 Å². The quantitative estimate of drug-likeness (QED) is 0.601. The molecule has 3 nitrogen and oxygen atoms in total. The van der Waals surface area contributed by atoms with Gasteiger partial charge in [-0.2, -0.15) is 0 Å². The Morgan fingerprint density at radius 1 is 1.30 bits per heavy atom. The minimum Gasteiger partial charge on any atom is -0.378 e. The number of nitrogens with zero attached hydrogens (tertiary/aromatic N) is 1. The Morgan fingerprint density at radius 3 is 3.15 bits per heavy atom. The van der Waals surface area contributed by atoms with Gasteiger partial charge in [-0.3, -0.25) is 4.98 Å². The summed E-state index contributed by atoms with van der Waals surface area (Å²) < 4.78 is 11.2. The highest BCUT2D eigenvalue weighted by Gasteiger charge is 2.14. The number of hydrogen-bond donors (Lipinski definition) is 0. The maximum Gasteiger partial charge on any atom is 0.0837 e. The van der Waals surface area contributed by atoms with Crippen LogP contribution >= 0.6 is 11.8 Å². The van der Waals surface area contributed by atoms with Gasteiger partial charge in [0, 0.05) is 28.8 Å². The van der Waals surface area contributed by atoms with Crippen molar-refractivity contribution in [3.63, 3.8) is 0 Å². The van der Waals surface area contributed by atoms with Gasteiger partial charge in [0.15, 0.2) is 0 Å². The summed E-state index contributed by atoms with van der Waals surface area (Å²) in [7, 11) is 0. The average molecular weight is 289 g/mol. The molecule has 1 aliphatic rings. The fraction of sp³-hybridized carbons (Fsp3) is 0.438. The third-order valence-corrected chi connectivity index (χ3v) is 4.42. The molecule has 0 bridgehead atoms. The molecule has 4 heteroatoms. The van der Waals surface area contributed by atoms with Crippen molar-refractivity contribution in [1.29, 1.82) is 0 Å². The molecule has 0 aliphatic carbocycles. The SMILES string of the molecule is c1cnc2c(SCCOC[C@H]3CCCO3)cccc2c1. The molecule has 1 saturated heterocycles. The predicted molar refractivity (Wildman–Crippen MR) is 82.3 cm³/mol. The first-order valence-corrected chi connectivity index (χ1v) is 8.08. The van der Waals surface area contributed by atoms with E-state index >= 15 is 0 Å². The number of rotatable bonds is 6. The van der Waals surface area contributed by atoms with Crippen molar-refractivity contribution < 1.29 is 9.47 Å². The Kier molecular flexibility index (Phi) is 4.90. The first-order valence-electron chi connectivity index (χ1n) is 7.09. The van der Waals surface area contributed by atoms with Crippen LogP contribution in [0.2, 0.25) is 0 Å². The zero-order valence-electron chi connectivity index (χ0n) is 11.5. The minimum atomic E-state index is 0.319. The fourth-order valence-corrected chi connectivity index (χ4v) is 3.30. The van der Waals surface area contributed by atoms with Crippen molar-refractivity contribution in [3.8, 4) is 0 Å². The van der Waals surface area contributed by atoms with Crippen molar-refractivity contribution in [2.45, 2.75) is 23.8 Å². The first kappa shape index (κ1) is 13.9. The molecule has 0 radical (unpaired) electrons. The summed E-state index contributed by atoms with van der Waals surface area (Å²) in [5.41, 5.74) is 1.08. The fourth-order valence-electron chi connectivity index (χ4n) is 2.39. The van der Waals surface area contributed by atoms with Crippen LogP contribution in [-0.4, -0.2) is 36.7 Å². The molecule has 0 spiro atoms. The topological polar surface area (TPSA) is 31.4 Å². The van der Waals surface area contributed by atoms with E-state index in [4.69, 9.17) is 9.47 Å². The minimum absolute atomic E-state index is 0.319. The Morgan fingerprint density at radius 2 is 2.25 bits per heavy atom. The summed E-state index contributed by atoms with van der Waals surface area (Å²) in [5, 5.41) is 1.19. The zero-order valence-corrected chi connectivity index (χ0v) is 12.3. The molecule has 1 aromatic carbocycles. The van der Waals surface area contributed by atoms with E-state index in [2.05, 4.69) is 29.2 Å². The van der Waals surface area contributed by atoms with Crippen molar-refractivity contribution in [2.24, 2.45) is 0 Å². The second-order valence-electron chi connectivity index (χ2n) is 4.89. The highest BCUT2D eigenvalue weighted by atomic mass is 32.2. The highest BCUT2D eigenvalue weighted by molar-refractivity contribution is 7.99. The summed E-state index contributed by atoms with van der Waals surface area (Å²) in [6.07, 6.45) is 4.48. The first-order chi connectivity index (χ1) is 9.93. The van der Waals surface area contributed by atoms with Gasteiger partial charge >= 0.3 is 0 Å². The number of thioether (sulfide) groups is 1. The van der Waals surface area contributed by atoms with Gasteiger partial charge in [0.05, 0.1) is 24.8 Å². The van der Waals surface area contributed by atoms with Gasteiger partial charge in [-0.15, -0.1) is 11.8 Å². The van der Waals surface area contributed by atoms with Gasteiger partial charge in [-0.1, -0.05) is 18.2 Å². The van der Waals surface area contributed by atoms with E-state index in [1.807, 2.05) is 12.3 Å². The maximum atomic E-state index is 5.69. The lowest BCUT2D eigenvalue weighted by Crippen LogP contribution is -2.15. The number of fused-ring (bicyclic) bond motifs is 1. The molecule has 1 fully saturated rings. The number of hydrogen-bond acceptors (Lipinski definition) is 4. The van der Waals surface area contributed by atoms with E-state index in [1.165, 1.54) is 16.7 Å². The largest absolute Gasteiger partial charge is 0.378 e. The molecule has 0 N–H and O–H groups in total. The maximum absolute atomic E-state index is 5.69. The Hall–Kier alpha value is -1.10. The van der Waals surface area contributed by atoms with E-state index in [0.29, 0.717) is 6.10 Å². The lowest BCUT2D eigenvalue weighted by atomic mass is 10.2. The summed E-state index contributed by atoms with van der Waals surface area (Å²) in [6.45, 7) is 2.38. The molecule has 0 unspecified atom stereocenters. The standard InChI is InChI=1S/C16H19NO2S/c1-4-13-5-2-8-17-16(13)15(7-1)20-11-10-18-12-14-6-3-9-19-14/h1-2,4-5,7-8,14H,3,6,9-12H2/t14-/m1/s1. The van der Waals surface area contributed by atoms with E-state index in [0.717, 1.165) is 37.5 Å². The third-order valence-electron chi connectivity index (χ3n) is 3.41. The molecule has 1 aliphatic heterocycles. The van der Waals surface area contributed by atoms with E-state index in [-0.39, 0.29) is 0 Å². The Labute approximate surface area is 123 Å². The van der Waals surface area contributed by atoms with Gasteiger partial charge in [0.1, 0.15) is 0 Å². The van der Waals surface area contributed by atoms with Crippen molar-refractivity contribution in [2.75, 3.05) is 25.6 Å². The van der Waals surface area contributed by atoms with Gasteiger partial charge in [0.25, 0.3) is 0 Å². The van der Waals surface area contributed by atoms with E-state index < -0.39 is 0 Å². The molecule has 2 heterocycles. The molecular formula is C16H19NO2S. The Bertz CT molecular complexity index is 550. The number of ether oxygens (including phenoxy) is 2. The Balaban J connectivity index is 1.47. The summed E-state index contributed by atoms with van der Waals surface area (Å²) in [6, 6.07) is 10.4. The summed E-state index contributed by atoms with van der Waals surface area (Å²) in [5.74, 6) is 0.947. The normalized spacial score (nSPS) is 18.7. The highest BCUT2D eigenvalue weighted by Crippen LogP contribution is 2.25. The van der Waals surface area contributed by atoms with E-state index in [9.17, 15) is 0 Å².